The molecule has 1 fully saturated rings. The van der Waals surface area contributed by atoms with Crippen LogP contribution in [0.1, 0.15) is 48.8 Å². The first-order valence-electron chi connectivity index (χ1n) is 5.64. The van der Waals surface area contributed by atoms with Crippen molar-refractivity contribution in [1.82, 2.24) is 15.5 Å². The van der Waals surface area contributed by atoms with Gasteiger partial charge in [-0.05, 0) is 26.7 Å². The molecule has 1 heterocycles. The average molecular weight is 292 g/mol. The first kappa shape index (κ1) is 13.4. The number of aromatic amines is 1. The second-order valence-electron chi connectivity index (χ2n) is 4.66. The molecule has 1 saturated carbocycles. The van der Waals surface area contributed by atoms with Gasteiger partial charge < -0.3 is 5.32 Å². The van der Waals surface area contributed by atoms with Crippen molar-refractivity contribution in [2.24, 2.45) is 0 Å². The molecule has 18 heavy (non-hydrogen) atoms. The fourth-order valence-electron chi connectivity index (χ4n) is 1.73. The Morgan fingerprint density at radius 2 is 2.11 bits per heavy atom. The van der Waals surface area contributed by atoms with Gasteiger partial charge in [-0.2, -0.15) is 5.10 Å². The molecule has 0 radical (unpaired) electrons. The molecule has 6 nitrogen and oxygen atoms in total. The highest BCUT2D eigenvalue weighted by Gasteiger charge is 2.36. The Morgan fingerprint density at radius 1 is 1.50 bits per heavy atom. The van der Waals surface area contributed by atoms with Gasteiger partial charge >= 0.3 is 0 Å². The first-order chi connectivity index (χ1) is 8.30. The zero-order valence-corrected chi connectivity index (χ0v) is 11.6. The van der Waals surface area contributed by atoms with E-state index in [-0.39, 0.29) is 22.5 Å². The van der Waals surface area contributed by atoms with E-state index >= 15 is 0 Å². The number of hydrogen-bond acceptors (Lipinski definition) is 4. The molecule has 100 valence electrons. The molecule has 0 aliphatic heterocycles. The molecule has 1 aromatic rings. The van der Waals surface area contributed by atoms with Crippen molar-refractivity contribution < 1.29 is 13.2 Å². The molecule has 1 aliphatic carbocycles. The molecule has 1 aromatic heterocycles. The normalized spacial score (nSPS) is 16.0. The van der Waals surface area contributed by atoms with Gasteiger partial charge in [0.15, 0.2) is 5.69 Å². The van der Waals surface area contributed by atoms with Crippen molar-refractivity contribution in [2.45, 2.75) is 43.5 Å². The lowest BCUT2D eigenvalue weighted by Crippen LogP contribution is -2.31. The highest BCUT2D eigenvalue weighted by molar-refractivity contribution is 8.13. The molecule has 2 N–H and O–H groups in total. The van der Waals surface area contributed by atoms with Crippen LogP contribution in [-0.4, -0.2) is 30.6 Å². The number of rotatable bonds is 4. The Labute approximate surface area is 110 Å². The molecule has 0 spiro atoms. The predicted molar refractivity (Wildman–Crippen MR) is 66.2 cm³/mol. The summed E-state index contributed by atoms with van der Waals surface area (Å²) in [5, 5.41) is 9.02. The van der Waals surface area contributed by atoms with E-state index in [0.29, 0.717) is 5.69 Å². The van der Waals surface area contributed by atoms with Crippen LogP contribution < -0.4 is 5.32 Å². The minimum atomic E-state index is -3.99. The number of H-pyrrole nitrogens is 1. The van der Waals surface area contributed by atoms with Crippen molar-refractivity contribution in [3.8, 4) is 0 Å². The topological polar surface area (TPSA) is 91.9 Å². The molecular weight excluding hydrogens is 278 g/mol. The highest BCUT2D eigenvalue weighted by atomic mass is 35.7. The molecule has 1 amide bonds. The number of amides is 1. The summed E-state index contributed by atoms with van der Waals surface area (Å²) in [5.74, 6) is -0.422. The summed E-state index contributed by atoms with van der Waals surface area (Å²) in [7, 11) is 1.41. The second kappa shape index (κ2) is 4.55. The molecule has 8 heteroatoms. The highest BCUT2D eigenvalue weighted by Crippen LogP contribution is 2.43. The molecule has 0 unspecified atom stereocenters. The summed E-state index contributed by atoms with van der Waals surface area (Å²) in [5.41, 5.74) is 0.291. The summed E-state index contributed by atoms with van der Waals surface area (Å²) in [6, 6.07) is -0.107. The lowest BCUT2D eigenvalue weighted by atomic mass is 10.2. The van der Waals surface area contributed by atoms with Gasteiger partial charge in [0.1, 0.15) is 4.90 Å². The van der Waals surface area contributed by atoms with Gasteiger partial charge in [0.25, 0.3) is 15.0 Å². The number of nitrogens with zero attached hydrogens (tertiary/aromatic N) is 1. The predicted octanol–water partition coefficient (Wildman–Crippen LogP) is 1.35. The third-order valence-electron chi connectivity index (χ3n) is 2.61. The van der Waals surface area contributed by atoms with Crippen molar-refractivity contribution in [2.75, 3.05) is 0 Å². The van der Waals surface area contributed by atoms with Crippen LogP contribution in [-0.2, 0) is 9.05 Å². The second-order valence-corrected chi connectivity index (χ2v) is 7.16. The van der Waals surface area contributed by atoms with Gasteiger partial charge in [-0.15, -0.1) is 0 Å². The van der Waals surface area contributed by atoms with E-state index in [2.05, 4.69) is 15.5 Å². The van der Waals surface area contributed by atoms with E-state index < -0.39 is 15.0 Å². The summed E-state index contributed by atoms with van der Waals surface area (Å²) in [6.07, 6.45) is 1.76. The maximum atomic E-state index is 11.9. The molecule has 0 atom stereocenters. The minimum Gasteiger partial charge on any atom is -0.348 e. The fraction of sp³-hybridized carbons (Fsp3) is 0.600. The fourth-order valence-corrected chi connectivity index (χ4v) is 3.04. The molecule has 1 aliphatic rings. The molecule has 0 aromatic carbocycles. The molecule has 0 saturated heterocycles. The van der Waals surface area contributed by atoms with Crippen LogP contribution in [0.2, 0.25) is 0 Å². The van der Waals surface area contributed by atoms with Crippen molar-refractivity contribution in [3.05, 3.63) is 11.4 Å². The van der Waals surface area contributed by atoms with E-state index in [0.717, 1.165) is 12.8 Å². The Hall–Kier alpha value is -1.08. The summed E-state index contributed by atoms with van der Waals surface area (Å²) in [4.78, 5) is 11.7. The van der Waals surface area contributed by atoms with E-state index in [1.165, 1.54) is 0 Å². The van der Waals surface area contributed by atoms with Gasteiger partial charge in [0, 0.05) is 22.6 Å². The quantitative estimate of drug-likeness (QED) is 0.819. The zero-order chi connectivity index (χ0) is 13.5. The Balaban J connectivity index is 2.45. The van der Waals surface area contributed by atoms with Crippen LogP contribution in [0.3, 0.4) is 0 Å². The Bertz CT molecular complexity index is 575. The Kier molecular flexibility index (Phi) is 3.37. The lowest BCUT2D eigenvalue weighted by molar-refractivity contribution is 0.0934. The van der Waals surface area contributed by atoms with Gasteiger partial charge in [-0.3, -0.25) is 9.89 Å². The maximum Gasteiger partial charge on any atom is 0.273 e. The third-order valence-corrected chi connectivity index (χ3v) is 3.98. The minimum absolute atomic E-state index is 0.107. The largest absolute Gasteiger partial charge is 0.348 e. The molecular formula is C10H14ClN3O3S. The van der Waals surface area contributed by atoms with Gasteiger partial charge in [0.05, 0.1) is 5.69 Å². The third kappa shape index (κ3) is 2.67. The SMILES string of the molecule is CC(C)NC(=O)c1n[nH]c(C2CC2)c1S(=O)(=O)Cl. The van der Waals surface area contributed by atoms with Crippen LogP contribution in [0.5, 0.6) is 0 Å². The smallest absolute Gasteiger partial charge is 0.273 e. The number of halogens is 1. The standard InChI is InChI=1S/C10H14ClN3O3S/c1-5(2)12-10(15)8-9(18(11,16)17)7(13-14-8)6-3-4-6/h5-6H,3-4H2,1-2H3,(H,12,15)(H,13,14). The monoisotopic (exact) mass is 291 g/mol. The van der Waals surface area contributed by atoms with Crippen molar-refractivity contribution in [1.29, 1.82) is 0 Å². The van der Waals surface area contributed by atoms with Crippen LogP contribution in [0.25, 0.3) is 0 Å². The average Bonchev–Trinajstić information content (AvgIpc) is 2.93. The number of carbonyl (C=O) groups is 1. The molecule has 0 bridgehead atoms. The summed E-state index contributed by atoms with van der Waals surface area (Å²) >= 11 is 0. The van der Waals surface area contributed by atoms with Crippen LogP contribution in [0, 0.1) is 0 Å². The van der Waals surface area contributed by atoms with Crippen molar-refractivity contribution in [3.63, 3.8) is 0 Å². The first-order valence-corrected chi connectivity index (χ1v) is 7.95. The van der Waals surface area contributed by atoms with Crippen LogP contribution >= 0.6 is 10.7 Å². The number of hydrogen-bond donors (Lipinski definition) is 2. The van der Waals surface area contributed by atoms with Crippen LogP contribution in [0.15, 0.2) is 4.90 Å². The van der Waals surface area contributed by atoms with E-state index in [4.69, 9.17) is 10.7 Å². The summed E-state index contributed by atoms with van der Waals surface area (Å²) in [6.45, 7) is 3.56. The zero-order valence-electron chi connectivity index (χ0n) is 10.0. The van der Waals surface area contributed by atoms with Gasteiger partial charge in [-0.25, -0.2) is 8.42 Å². The number of carbonyl (C=O) groups excluding carboxylic acids is 1. The van der Waals surface area contributed by atoms with Gasteiger partial charge in [-0.1, -0.05) is 0 Å². The Morgan fingerprint density at radius 3 is 2.56 bits per heavy atom. The molecule has 2 rings (SSSR count). The maximum absolute atomic E-state index is 11.9. The van der Waals surface area contributed by atoms with E-state index in [1.54, 1.807) is 13.8 Å². The summed E-state index contributed by atoms with van der Waals surface area (Å²) < 4.78 is 23.2. The van der Waals surface area contributed by atoms with E-state index in [9.17, 15) is 13.2 Å². The van der Waals surface area contributed by atoms with Gasteiger partial charge in [0.2, 0.25) is 0 Å². The number of aromatic nitrogens is 2. The van der Waals surface area contributed by atoms with E-state index in [1.807, 2.05) is 0 Å². The lowest BCUT2D eigenvalue weighted by Gasteiger charge is -2.07. The van der Waals surface area contributed by atoms with Crippen molar-refractivity contribution >= 4 is 25.6 Å². The van der Waals surface area contributed by atoms with Crippen LogP contribution in [0.4, 0.5) is 0 Å². The number of nitrogens with one attached hydrogen (secondary N) is 2.